The Balaban J connectivity index is 1.62. The molecule has 1 unspecified atom stereocenters. The van der Waals surface area contributed by atoms with Crippen LogP contribution in [-0.4, -0.2) is 25.8 Å². The van der Waals surface area contributed by atoms with Gasteiger partial charge in [0.1, 0.15) is 0 Å². The van der Waals surface area contributed by atoms with Crippen molar-refractivity contribution in [3.63, 3.8) is 0 Å². The largest absolute Gasteiger partial charge is 0.297 e. The van der Waals surface area contributed by atoms with Gasteiger partial charge in [0.2, 0.25) is 0 Å². The van der Waals surface area contributed by atoms with Gasteiger partial charge in [-0.3, -0.25) is 9.36 Å². The molecule has 0 saturated heterocycles. The van der Waals surface area contributed by atoms with E-state index in [1.807, 2.05) is 73.8 Å². The van der Waals surface area contributed by atoms with Gasteiger partial charge in [0.05, 0.1) is 16.7 Å². The van der Waals surface area contributed by atoms with Gasteiger partial charge in [-0.25, -0.2) is 0 Å². The van der Waals surface area contributed by atoms with Gasteiger partial charge in [0, 0.05) is 5.56 Å². The second-order valence-electron chi connectivity index (χ2n) is 6.85. The maximum absolute atomic E-state index is 12.9. The fourth-order valence-electron chi connectivity index (χ4n) is 3.04. The number of thioether (sulfide) groups is 1. The van der Waals surface area contributed by atoms with Crippen LogP contribution in [0.15, 0.2) is 77.3 Å². The molecule has 1 atom stereocenters. The quantitative estimate of drug-likeness (QED) is 0.284. The predicted molar refractivity (Wildman–Crippen MR) is 120 cm³/mol. The topological polar surface area (TPSA) is 47.8 Å². The Morgan fingerprint density at radius 2 is 1.79 bits per heavy atom. The minimum Gasteiger partial charge on any atom is -0.297 e. The highest BCUT2D eigenvalue weighted by Gasteiger charge is 2.22. The van der Waals surface area contributed by atoms with Crippen LogP contribution in [0.1, 0.15) is 28.4 Å². The second-order valence-corrected chi connectivity index (χ2v) is 9.10. The molecule has 6 heteroatoms. The first-order chi connectivity index (χ1) is 14.1. The number of ketones is 1. The molecule has 0 N–H and O–H groups in total. The van der Waals surface area contributed by atoms with Gasteiger partial charge < -0.3 is 0 Å². The van der Waals surface area contributed by atoms with Crippen LogP contribution in [0, 0.1) is 6.92 Å². The van der Waals surface area contributed by atoms with Crippen LogP contribution in [0.3, 0.4) is 0 Å². The average molecular weight is 420 g/mol. The zero-order valence-corrected chi connectivity index (χ0v) is 17.9. The van der Waals surface area contributed by atoms with Gasteiger partial charge in [-0.15, -0.1) is 21.5 Å². The lowest BCUT2D eigenvalue weighted by Crippen LogP contribution is -2.15. The first-order valence-electron chi connectivity index (χ1n) is 9.40. The van der Waals surface area contributed by atoms with Crippen molar-refractivity contribution < 1.29 is 4.79 Å². The summed E-state index contributed by atoms with van der Waals surface area (Å²) in [5.41, 5.74) is 3.04. The fourth-order valence-corrected chi connectivity index (χ4v) is 4.68. The van der Waals surface area contributed by atoms with E-state index in [9.17, 15) is 4.79 Å². The standard InChI is InChI=1S/C23H21N3OS2/c1-16-10-12-19(13-11-16)21(27)17(2)29-23-25-24-22(20-9-6-14-28-20)26(23)15-18-7-4-3-5-8-18/h3-14,17H,15H2,1-2H3. The number of aryl methyl sites for hydroxylation is 1. The number of rotatable bonds is 7. The fraction of sp³-hybridized carbons (Fsp3) is 0.174. The summed E-state index contributed by atoms with van der Waals surface area (Å²) in [6.07, 6.45) is 0. The SMILES string of the molecule is Cc1ccc(C(=O)C(C)Sc2nnc(-c3cccs3)n2Cc2ccccc2)cc1. The van der Waals surface area contributed by atoms with Crippen LogP contribution >= 0.6 is 23.1 Å². The molecule has 146 valence electrons. The van der Waals surface area contributed by atoms with Crippen molar-refractivity contribution in [1.82, 2.24) is 14.8 Å². The molecule has 0 aliphatic heterocycles. The first-order valence-corrected chi connectivity index (χ1v) is 11.2. The minimum absolute atomic E-state index is 0.0990. The summed E-state index contributed by atoms with van der Waals surface area (Å²) in [5, 5.41) is 11.4. The summed E-state index contributed by atoms with van der Waals surface area (Å²) in [6, 6.07) is 22.0. The lowest BCUT2D eigenvalue weighted by molar-refractivity contribution is 0.0994. The molecule has 0 saturated carbocycles. The zero-order chi connectivity index (χ0) is 20.2. The molecule has 0 spiro atoms. The van der Waals surface area contributed by atoms with Crippen LogP contribution in [0.25, 0.3) is 10.7 Å². The number of benzene rings is 2. The summed E-state index contributed by atoms with van der Waals surface area (Å²) < 4.78 is 2.10. The predicted octanol–water partition coefficient (Wildman–Crippen LogP) is 5.73. The maximum atomic E-state index is 12.9. The number of Topliss-reactive ketones (excluding diaryl/α,β-unsaturated/α-hetero) is 1. The highest BCUT2D eigenvalue weighted by atomic mass is 32.2. The lowest BCUT2D eigenvalue weighted by Gasteiger charge is -2.13. The molecule has 2 aromatic carbocycles. The van der Waals surface area contributed by atoms with Gasteiger partial charge in [-0.05, 0) is 30.9 Å². The van der Waals surface area contributed by atoms with Gasteiger partial charge in [0.25, 0.3) is 0 Å². The second kappa shape index (κ2) is 8.76. The van der Waals surface area contributed by atoms with E-state index >= 15 is 0 Å². The van der Waals surface area contributed by atoms with E-state index in [1.165, 1.54) is 17.3 Å². The number of nitrogens with zero attached hydrogens (tertiary/aromatic N) is 3. The molecule has 0 radical (unpaired) electrons. The molecular weight excluding hydrogens is 398 g/mol. The summed E-state index contributed by atoms with van der Waals surface area (Å²) >= 11 is 3.10. The maximum Gasteiger partial charge on any atom is 0.192 e. The molecule has 4 rings (SSSR count). The van der Waals surface area contributed by atoms with Crippen LogP contribution in [0.4, 0.5) is 0 Å². The van der Waals surface area contributed by atoms with Crippen molar-refractivity contribution in [2.45, 2.75) is 30.8 Å². The van der Waals surface area contributed by atoms with Crippen LogP contribution in [0.2, 0.25) is 0 Å². The number of aromatic nitrogens is 3. The molecule has 0 aliphatic carbocycles. The highest BCUT2D eigenvalue weighted by Crippen LogP contribution is 2.31. The van der Waals surface area contributed by atoms with E-state index in [-0.39, 0.29) is 11.0 Å². The van der Waals surface area contributed by atoms with Crippen molar-refractivity contribution in [2.24, 2.45) is 0 Å². The van der Waals surface area contributed by atoms with Crippen molar-refractivity contribution in [1.29, 1.82) is 0 Å². The monoisotopic (exact) mass is 419 g/mol. The van der Waals surface area contributed by atoms with E-state index in [2.05, 4.69) is 26.9 Å². The van der Waals surface area contributed by atoms with Gasteiger partial charge >= 0.3 is 0 Å². The van der Waals surface area contributed by atoms with E-state index in [4.69, 9.17) is 0 Å². The zero-order valence-electron chi connectivity index (χ0n) is 16.3. The molecule has 0 bridgehead atoms. The van der Waals surface area contributed by atoms with Crippen molar-refractivity contribution in [3.05, 3.63) is 88.8 Å². The summed E-state index contributed by atoms with van der Waals surface area (Å²) in [4.78, 5) is 14.0. The Morgan fingerprint density at radius 1 is 1.03 bits per heavy atom. The molecule has 4 aromatic rings. The third-order valence-corrected chi connectivity index (χ3v) is 6.58. The number of hydrogen-bond acceptors (Lipinski definition) is 5. The van der Waals surface area contributed by atoms with Crippen molar-refractivity contribution in [3.8, 4) is 10.7 Å². The molecule has 0 aliphatic rings. The van der Waals surface area contributed by atoms with E-state index < -0.39 is 0 Å². The lowest BCUT2D eigenvalue weighted by atomic mass is 10.1. The summed E-state index contributed by atoms with van der Waals surface area (Å²) in [6.45, 7) is 4.61. The van der Waals surface area contributed by atoms with E-state index in [0.29, 0.717) is 6.54 Å². The van der Waals surface area contributed by atoms with E-state index in [1.54, 1.807) is 11.3 Å². The molecule has 4 nitrogen and oxygen atoms in total. The number of carbonyl (C=O) groups is 1. The number of carbonyl (C=O) groups excluding carboxylic acids is 1. The van der Waals surface area contributed by atoms with Crippen molar-refractivity contribution >= 4 is 28.9 Å². The Hall–Kier alpha value is -2.70. The normalized spacial score (nSPS) is 12.1. The van der Waals surface area contributed by atoms with Crippen LogP contribution in [-0.2, 0) is 6.54 Å². The van der Waals surface area contributed by atoms with E-state index in [0.717, 1.165) is 27.0 Å². The van der Waals surface area contributed by atoms with Crippen LogP contribution in [0.5, 0.6) is 0 Å². The number of hydrogen-bond donors (Lipinski definition) is 0. The van der Waals surface area contributed by atoms with Gasteiger partial charge in [0.15, 0.2) is 16.8 Å². The molecular formula is C23H21N3OS2. The Bertz CT molecular complexity index is 1090. The smallest absolute Gasteiger partial charge is 0.192 e. The third kappa shape index (κ3) is 4.49. The third-order valence-electron chi connectivity index (χ3n) is 4.63. The molecule has 2 heterocycles. The minimum atomic E-state index is -0.257. The number of thiophene rings is 1. The molecule has 2 aromatic heterocycles. The molecule has 0 fully saturated rings. The van der Waals surface area contributed by atoms with Gasteiger partial charge in [-0.1, -0.05) is 78.0 Å². The van der Waals surface area contributed by atoms with Crippen LogP contribution < -0.4 is 0 Å². The van der Waals surface area contributed by atoms with Crippen molar-refractivity contribution in [2.75, 3.05) is 0 Å². The Labute approximate surface area is 178 Å². The first kappa shape index (κ1) is 19.6. The Kier molecular flexibility index (Phi) is 5.92. The summed E-state index contributed by atoms with van der Waals surface area (Å²) in [7, 11) is 0. The Morgan fingerprint density at radius 3 is 2.48 bits per heavy atom. The highest BCUT2D eigenvalue weighted by molar-refractivity contribution is 8.00. The average Bonchev–Trinajstić information content (AvgIpc) is 3.39. The summed E-state index contributed by atoms with van der Waals surface area (Å²) in [5.74, 6) is 0.934. The molecule has 29 heavy (non-hydrogen) atoms. The molecule has 0 amide bonds. The van der Waals surface area contributed by atoms with Gasteiger partial charge in [-0.2, -0.15) is 0 Å².